The number of guanidine groups is 1. The van der Waals surface area contributed by atoms with Crippen molar-refractivity contribution in [2.45, 2.75) is 45.1 Å². The van der Waals surface area contributed by atoms with E-state index in [1.165, 1.54) is 18.4 Å². The van der Waals surface area contributed by atoms with Crippen LogP contribution in [0.4, 0.5) is 0 Å². The highest BCUT2D eigenvalue weighted by molar-refractivity contribution is 5.79. The molecule has 32 heavy (non-hydrogen) atoms. The number of hydrogen-bond donors (Lipinski definition) is 2. The topological polar surface area (TPSA) is 67.4 Å². The van der Waals surface area contributed by atoms with Gasteiger partial charge in [0.15, 0.2) is 5.96 Å². The summed E-state index contributed by atoms with van der Waals surface area (Å²) in [6, 6.07) is 8.57. The molecule has 0 amide bonds. The SMILES string of the molecule is CCNC(=NCC(c1ccccc1OC)N1CCCC1)NCCCOCC1CCOCC1. The van der Waals surface area contributed by atoms with E-state index in [0.717, 1.165) is 83.6 Å². The zero-order chi connectivity index (χ0) is 22.4. The fraction of sp³-hybridized carbons (Fsp3) is 0.720. The average Bonchev–Trinajstić information content (AvgIpc) is 3.37. The first-order valence-electron chi connectivity index (χ1n) is 12.4. The van der Waals surface area contributed by atoms with E-state index in [-0.39, 0.29) is 6.04 Å². The molecule has 2 heterocycles. The lowest BCUT2D eigenvalue weighted by Crippen LogP contribution is -2.39. The average molecular weight is 447 g/mol. The van der Waals surface area contributed by atoms with Crippen molar-refractivity contribution in [3.8, 4) is 5.75 Å². The summed E-state index contributed by atoms with van der Waals surface area (Å²) in [6.07, 6.45) is 5.72. The van der Waals surface area contributed by atoms with E-state index < -0.39 is 0 Å². The van der Waals surface area contributed by atoms with Gasteiger partial charge in [0, 0.05) is 45.1 Å². The monoisotopic (exact) mass is 446 g/mol. The number of likely N-dealkylation sites (tertiary alicyclic amines) is 1. The lowest BCUT2D eigenvalue weighted by Gasteiger charge is -2.28. The Morgan fingerprint density at radius 2 is 1.97 bits per heavy atom. The van der Waals surface area contributed by atoms with E-state index in [1.807, 2.05) is 12.1 Å². The molecular formula is C25H42N4O3. The van der Waals surface area contributed by atoms with Gasteiger partial charge in [-0.15, -0.1) is 0 Å². The second-order valence-electron chi connectivity index (χ2n) is 8.63. The number of ether oxygens (including phenoxy) is 3. The van der Waals surface area contributed by atoms with Gasteiger partial charge in [-0.25, -0.2) is 0 Å². The molecule has 7 nitrogen and oxygen atoms in total. The molecular weight excluding hydrogens is 404 g/mol. The van der Waals surface area contributed by atoms with E-state index in [4.69, 9.17) is 19.2 Å². The Morgan fingerprint density at radius 1 is 1.19 bits per heavy atom. The van der Waals surface area contributed by atoms with Gasteiger partial charge in [-0.2, -0.15) is 0 Å². The zero-order valence-electron chi connectivity index (χ0n) is 20.0. The molecule has 0 bridgehead atoms. The number of rotatable bonds is 12. The molecule has 1 aromatic rings. The molecule has 0 saturated carbocycles. The van der Waals surface area contributed by atoms with Crippen molar-refractivity contribution in [2.24, 2.45) is 10.9 Å². The molecule has 3 rings (SSSR count). The third-order valence-electron chi connectivity index (χ3n) is 6.30. The number of nitrogens with one attached hydrogen (secondary N) is 2. The predicted molar refractivity (Wildman–Crippen MR) is 130 cm³/mol. The van der Waals surface area contributed by atoms with Crippen LogP contribution in [-0.4, -0.2) is 77.1 Å². The summed E-state index contributed by atoms with van der Waals surface area (Å²) in [4.78, 5) is 7.48. The molecule has 1 atom stereocenters. The van der Waals surface area contributed by atoms with Crippen molar-refractivity contribution < 1.29 is 14.2 Å². The van der Waals surface area contributed by atoms with Crippen molar-refractivity contribution in [2.75, 3.05) is 66.3 Å². The molecule has 7 heteroatoms. The Labute approximate surface area is 193 Å². The van der Waals surface area contributed by atoms with Crippen molar-refractivity contribution in [1.82, 2.24) is 15.5 Å². The standard InChI is InChI=1S/C25H42N4O3/c1-3-26-25(27-13-8-16-32-20-21-11-17-31-18-12-21)28-19-23(29-14-6-7-15-29)22-9-4-5-10-24(22)30-2/h4-5,9-10,21,23H,3,6-8,11-20H2,1-2H3,(H2,26,27,28). The van der Waals surface area contributed by atoms with Crippen LogP contribution in [0.1, 0.15) is 50.6 Å². The van der Waals surface area contributed by atoms with Crippen LogP contribution in [0, 0.1) is 5.92 Å². The number of para-hydroxylation sites is 1. The highest BCUT2D eigenvalue weighted by Crippen LogP contribution is 2.31. The van der Waals surface area contributed by atoms with Gasteiger partial charge in [-0.1, -0.05) is 18.2 Å². The largest absolute Gasteiger partial charge is 0.496 e. The summed E-state index contributed by atoms with van der Waals surface area (Å²) < 4.78 is 17.0. The maximum absolute atomic E-state index is 5.89. The molecule has 1 unspecified atom stereocenters. The third-order valence-corrected chi connectivity index (χ3v) is 6.30. The van der Waals surface area contributed by atoms with Gasteiger partial charge in [-0.05, 0) is 64.1 Å². The van der Waals surface area contributed by atoms with Crippen LogP contribution in [-0.2, 0) is 9.47 Å². The van der Waals surface area contributed by atoms with Gasteiger partial charge < -0.3 is 24.8 Å². The fourth-order valence-corrected chi connectivity index (χ4v) is 4.47. The number of methoxy groups -OCH3 is 1. The number of benzene rings is 1. The van der Waals surface area contributed by atoms with E-state index in [0.29, 0.717) is 12.5 Å². The van der Waals surface area contributed by atoms with Crippen LogP contribution < -0.4 is 15.4 Å². The van der Waals surface area contributed by atoms with Crippen LogP contribution in [0.3, 0.4) is 0 Å². The maximum Gasteiger partial charge on any atom is 0.191 e. The van der Waals surface area contributed by atoms with Gasteiger partial charge in [-0.3, -0.25) is 9.89 Å². The second-order valence-corrected chi connectivity index (χ2v) is 8.63. The van der Waals surface area contributed by atoms with E-state index in [9.17, 15) is 0 Å². The normalized spacial score (nSPS) is 19.1. The van der Waals surface area contributed by atoms with Gasteiger partial charge >= 0.3 is 0 Å². The Balaban J connectivity index is 1.49. The van der Waals surface area contributed by atoms with Gasteiger partial charge in [0.1, 0.15) is 5.75 Å². The van der Waals surface area contributed by atoms with Gasteiger partial charge in [0.25, 0.3) is 0 Å². The molecule has 2 aliphatic rings. The van der Waals surface area contributed by atoms with E-state index in [2.05, 4.69) is 34.6 Å². The minimum absolute atomic E-state index is 0.229. The van der Waals surface area contributed by atoms with Crippen LogP contribution in [0.25, 0.3) is 0 Å². The van der Waals surface area contributed by atoms with Gasteiger partial charge in [0.2, 0.25) is 0 Å². The minimum atomic E-state index is 0.229. The molecule has 1 aromatic carbocycles. The van der Waals surface area contributed by atoms with Crippen LogP contribution >= 0.6 is 0 Å². The first kappa shape index (κ1) is 24.8. The second kappa shape index (κ2) is 14.3. The molecule has 2 N–H and O–H groups in total. The molecule has 0 aliphatic carbocycles. The van der Waals surface area contributed by atoms with Crippen molar-refractivity contribution in [3.05, 3.63) is 29.8 Å². The highest BCUT2D eigenvalue weighted by atomic mass is 16.5. The molecule has 0 aromatic heterocycles. The number of nitrogens with zero attached hydrogens (tertiary/aromatic N) is 2. The Kier molecular flexibility index (Phi) is 11.1. The summed E-state index contributed by atoms with van der Waals surface area (Å²) in [5, 5.41) is 6.86. The summed E-state index contributed by atoms with van der Waals surface area (Å²) in [6.45, 7) is 10.1. The van der Waals surface area contributed by atoms with Crippen molar-refractivity contribution in [1.29, 1.82) is 0 Å². The zero-order valence-corrected chi connectivity index (χ0v) is 20.0. The predicted octanol–water partition coefficient (Wildman–Crippen LogP) is 3.22. The molecule has 2 fully saturated rings. The Bertz CT molecular complexity index is 673. The number of hydrogen-bond acceptors (Lipinski definition) is 5. The van der Waals surface area contributed by atoms with Gasteiger partial charge in [0.05, 0.1) is 19.7 Å². The lowest BCUT2D eigenvalue weighted by molar-refractivity contribution is 0.0203. The Morgan fingerprint density at radius 3 is 2.72 bits per heavy atom. The molecule has 0 radical (unpaired) electrons. The van der Waals surface area contributed by atoms with Crippen LogP contribution in [0.5, 0.6) is 5.75 Å². The van der Waals surface area contributed by atoms with Crippen molar-refractivity contribution >= 4 is 5.96 Å². The Hall–Kier alpha value is -1.83. The fourth-order valence-electron chi connectivity index (χ4n) is 4.47. The molecule has 180 valence electrons. The first-order chi connectivity index (χ1) is 15.8. The summed E-state index contributed by atoms with van der Waals surface area (Å²) in [5.74, 6) is 2.48. The van der Waals surface area contributed by atoms with Crippen molar-refractivity contribution in [3.63, 3.8) is 0 Å². The third kappa shape index (κ3) is 7.94. The smallest absolute Gasteiger partial charge is 0.191 e. The maximum atomic E-state index is 5.89. The van der Waals surface area contributed by atoms with E-state index >= 15 is 0 Å². The summed E-state index contributed by atoms with van der Waals surface area (Å²) in [7, 11) is 1.75. The van der Waals surface area contributed by atoms with Crippen LogP contribution in [0.15, 0.2) is 29.3 Å². The van der Waals surface area contributed by atoms with Crippen LogP contribution in [0.2, 0.25) is 0 Å². The lowest BCUT2D eigenvalue weighted by atomic mass is 10.0. The summed E-state index contributed by atoms with van der Waals surface area (Å²) in [5.41, 5.74) is 1.22. The quantitative estimate of drug-likeness (QED) is 0.292. The van der Waals surface area contributed by atoms with E-state index in [1.54, 1.807) is 7.11 Å². The minimum Gasteiger partial charge on any atom is -0.496 e. The highest BCUT2D eigenvalue weighted by Gasteiger charge is 2.25. The summed E-state index contributed by atoms with van der Waals surface area (Å²) >= 11 is 0. The molecule has 2 saturated heterocycles. The molecule has 0 spiro atoms. The number of aliphatic imine (C=N–C) groups is 1. The first-order valence-corrected chi connectivity index (χ1v) is 12.4. The molecule has 2 aliphatic heterocycles.